The Morgan fingerprint density at radius 2 is 2.04 bits per heavy atom. The Hall–Kier alpha value is -2.23. The van der Waals surface area contributed by atoms with Gasteiger partial charge in [0.1, 0.15) is 11.6 Å². The van der Waals surface area contributed by atoms with E-state index < -0.39 is 0 Å². The fraction of sp³-hybridized carbons (Fsp3) is 0.421. The number of aryl methyl sites for hydroxylation is 1. The lowest BCUT2D eigenvalue weighted by molar-refractivity contribution is 0.414. The minimum absolute atomic E-state index is 0.407. The van der Waals surface area contributed by atoms with Crippen molar-refractivity contribution in [1.82, 2.24) is 4.98 Å². The molecule has 1 unspecified atom stereocenters. The number of anilines is 2. The summed E-state index contributed by atoms with van der Waals surface area (Å²) in [5, 5.41) is 0. The molecule has 0 spiro atoms. The summed E-state index contributed by atoms with van der Waals surface area (Å²) in [7, 11) is 1.68. The minimum Gasteiger partial charge on any atom is -0.497 e. The van der Waals surface area contributed by atoms with Crippen molar-refractivity contribution in [3.05, 3.63) is 35.5 Å². The summed E-state index contributed by atoms with van der Waals surface area (Å²) in [6.45, 7) is 4.32. The van der Waals surface area contributed by atoms with E-state index in [0.717, 1.165) is 34.8 Å². The molecule has 122 valence electrons. The lowest BCUT2D eigenvalue weighted by Crippen LogP contribution is -2.09. The quantitative estimate of drug-likeness (QED) is 0.870. The normalized spacial score (nSPS) is 15.4. The number of rotatable bonds is 5. The third-order valence-corrected chi connectivity index (χ3v) is 4.91. The first-order chi connectivity index (χ1) is 11.1. The summed E-state index contributed by atoms with van der Waals surface area (Å²) >= 11 is 0. The molecule has 23 heavy (non-hydrogen) atoms. The molecule has 4 nitrogen and oxygen atoms in total. The molecule has 1 fully saturated rings. The molecular formula is C19H25N3O. The van der Waals surface area contributed by atoms with Crippen molar-refractivity contribution in [2.24, 2.45) is 5.92 Å². The zero-order chi connectivity index (χ0) is 16.6. The van der Waals surface area contributed by atoms with Crippen LogP contribution < -0.4 is 16.2 Å². The molecule has 0 saturated heterocycles. The largest absolute Gasteiger partial charge is 0.497 e. The number of aromatic nitrogens is 1. The van der Waals surface area contributed by atoms with Crippen LogP contribution in [0.3, 0.4) is 0 Å². The SMILES string of the molecule is CCC(c1cnc(N)c(N)c1-c1ccc(OC)cc1C)C1CC1. The van der Waals surface area contributed by atoms with Gasteiger partial charge in [-0.25, -0.2) is 4.98 Å². The first-order valence-corrected chi connectivity index (χ1v) is 8.25. The highest BCUT2D eigenvalue weighted by Crippen LogP contribution is 2.49. The van der Waals surface area contributed by atoms with Crippen LogP contribution in [0.5, 0.6) is 5.75 Å². The van der Waals surface area contributed by atoms with Gasteiger partial charge in [0.25, 0.3) is 0 Å². The van der Waals surface area contributed by atoms with Crippen molar-refractivity contribution in [3.63, 3.8) is 0 Å². The third-order valence-electron chi connectivity index (χ3n) is 4.91. The van der Waals surface area contributed by atoms with E-state index in [1.54, 1.807) is 7.11 Å². The van der Waals surface area contributed by atoms with Crippen molar-refractivity contribution in [1.29, 1.82) is 0 Å². The maximum atomic E-state index is 6.35. The predicted molar refractivity (Wildman–Crippen MR) is 95.5 cm³/mol. The Labute approximate surface area is 137 Å². The smallest absolute Gasteiger partial charge is 0.147 e. The molecule has 0 amide bonds. The van der Waals surface area contributed by atoms with Crippen LogP contribution in [-0.2, 0) is 0 Å². The van der Waals surface area contributed by atoms with E-state index in [2.05, 4.69) is 24.9 Å². The highest BCUT2D eigenvalue weighted by Gasteiger charge is 2.33. The number of pyridine rings is 1. The number of hydrogen-bond acceptors (Lipinski definition) is 4. The molecule has 4 N–H and O–H groups in total. The topological polar surface area (TPSA) is 74.2 Å². The summed E-state index contributed by atoms with van der Waals surface area (Å²) in [5.41, 5.74) is 17.5. The number of ether oxygens (including phenoxy) is 1. The summed E-state index contributed by atoms with van der Waals surface area (Å²) in [4.78, 5) is 4.34. The zero-order valence-electron chi connectivity index (χ0n) is 14.1. The summed E-state index contributed by atoms with van der Waals surface area (Å²) in [6.07, 6.45) is 5.61. The van der Waals surface area contributed by atoms with Gasteiger partial charge in [0.15, 0.2) is 0 Å². The maximum Gasteiger partial charge on any atom is 0.147 e. The number of nitrogens with two attached hydrogens (primary N) is 2. The number of nitrogens with zero attached hydrogens (tertiary/aromatic N) is 1. The second-order valence-electron chi connectivity index (χ2n) is 6.42. The summed E-state index contributed by atoms with van der Waals surface area (Å²) < 4.78 is 5.32. The number of hydrogen-bond donors (Lipinski definition) is 2. The molecule has 1 atom stereocenters. The van der Waals surface area contributed by atoms with E-state index in [9.17, 15) is 0 Å². The second kappa shape index (κ2) is 6.11. The van der Waals surface area contributed by atoms with Crippen molar-refractivity contribution in [2.45, 2.75) is 39.0 Å². The lowest BCUT2D eigenvalue weighted by atomic mass is 9.85. The molecule has 3 rings (SSSR count). The van der Waals surface area contributed by atoms with Gasteiger partial charge in [0.2, 0.25) is 0 Å². The van der Waals surface area contributed by atoms with Crippen LogP contribution in [0.15, 0.2) is 24.4 Å². The predicted octanol–water partition coefficient (Wildman–Crippen LogP) is 4.13. The van der Waals surface area contributed by atoms with Crippen molar-refractivity contribution in [3.8, 4) is 16.9 Å². The Morgan fingerprint density at radius 3 is 2.61 bits per heavy atom. The molecule has 1 aromatic carbocycles. The lowest BCUT2D eigenvalue weighted by Gasteiger charge is -2.22. The molecule has 0 bridgehead atoms. The van der Waals surface area contributed by atoms with Gasteiger partial charge in [-0.1, -0.05) is 13.0 Å². The Kier molecular flexibility index (Phi) is 4.16. The molecule has 1 aromatic heterocycles. The van der Waals surface area contributed by atoms with Crippen molar-refractivity contribution in [2.75, 3.05) is 18.6 Å². The fourth-order valence-electron chi connectivity index (χ4n) is 3.49. The molecular weight excluding hydrogens is 286 g/mol. The highest BCUT2D eigenvalue weighted by molar-refractivity contribution is 5.87. The van der Waals surface area contributed by atoms with E-state index in [1.807, 2.05) is 18.3 Å². The van der Waals surface area contributed by atoms with E-state index in [0.29, 0.717) is 17.4 Å². The molecule has 0 aliphatic heterocycles. The molecule has 1 heterocycles. The highest BCUT2D eigenvalue weighted by atomic mass is 16.5. The van der Waals surface area contributed by atoms with Crippen LogP contribution >= 0.6 is 0 Å². The van der Waals surface area contributed by atoms with Gasteiger partial charge >= 0.3 is 0 Å². The molecule has 0 radical (unpaired) electrons. The molecule has 2 aromatic rings. The van der Waals surface area contributed by atoms with Crippen LogP contribution in [0.2, 0.25) is 0 Å². The van der Waals surface area contributed by atoms with Crippen LogP contribution in [0.1, 0.15) is 43.2 Å². The van der Waals surface area contributed by atoms with Gasteiger partial charge in [0.05, 0.1) is 12.8 Å². The number of methoxy groups -OCH3 is 1. The van der Waals surface area contributed by atoms with Gasteiger partial charge in [-0.3, -0.25) is 0 Å². The van der Waals surface area contributed by atoms with Gasteiger partial charge in [0, 0.05) is 11.8 Å². The maximum absolute atomic E-state index is 6.35. The van der Waals surface area contributed by atoms with Crippen LogP contribution in [0.4, 0.5) is 11.5 Å². The monoisotopic (exact) mass is 311 g/mol. The van der Waals surface area contributed by atoms with E-state index in [4.69, 9.17) is 16.2 Å². The fourth-order valence-corrected chi connectivity index (χ4v) is 3.49. The van der Waals surface area contributed by atoms with E-state index in [1.165, 1.54) is 18.4 Å². The minimum atomic E-state index is 0.407. The summed E-state index contributed by atoms with van der Waals surface area (Å²) in [5.74, 6) is 2.51. The Morgan fingerprint density at radius 1 is 1.30 bits per heavy atom. The van der Waals surface area contributed by atoms with Gasteiger partial charge < -0.3 is 16.2 Å². The molecule has 1 aliphatic carbocycles. The van der Waals surface area contributed by atoms with Crippen LogP contribution in [0, 0.1) is 12.8 Å². The molecule has 1 aliphatic rings. The standard InChI is InChI=1S/C19H25N3O/c1-4-14(12-5-6-12)16-10-22-19(21)18(20)17(16)15-8-7-13(23-3)9-11(15)2/h7-10,12,14H,4-6,20H2,1-3H3,(H2,21,22). The first kappa shape index (κ1) is 15.7. The van der Waals surface area contributed by atoms with Gasteiger partial charge in [-0.2, -0.15) is 0 Å². The number of nitrogen functional groups attached to an aromatic ring is 2. The molecule has 1 saturated carbocycles. The third kappa shape index (κ3) is 2.85. The van der Waals surface area contributed by atoms with E-state index in [-0.39, 0.29) is 0 Å². The van der Waals surface area contributed by atoms with Crippen LogP contribution in [0.25, 0.3) is 11.1 Å². The van der Waals surface area contributed by atoms with Gasteiger partial charge in [-0.15, -0.1) is 0 Å². The average molecular weight is 311 g/mol. The first-order valence-electron chi connectivity index (χ1n) is 8.25. The van der Waals surface area contributed by atoms with Crippen molar-refractivity contribution < 1.29 is 4.74 Å². The summed E-state index contributed by atoms with van der Waals surface area (Å²) in [6, 6.07) is 6.08. The average Bonchev–Trinajstić information content (AvgIpc) is 3.37. The Balaban J connectivity index is 2.18. The van der Waals surface area contributed by atoms with Gasteiger partial charge in [-0.05, 0) is 66.8 Å². The Bertz CT molecular complexity index is 723. The zero-order valence-corrected chi connectivity index (χ0v) is 14.1. The van der Waals surface area contributed by atoms with Crippen LogP contribution in [-0.4, -0.2) is 12.1 Å². The second-order valence-corrected chi connectivity index (χ2v) is 6.42. The molecule has 4 heteroatoms. The number of benzene rings is 1. The van der Waals surface area contributed by atoms with Crippen molar-refractivity contribution >= 4 is 11.5 Å². The van der Waals surface area contributed by atoms with E-state index >= 15 is 0 Å².